The van der Waals surface area contributed by atoms with Gasteiger partial charge in [0.15, 0.2) is 11.0 Å². The predicted molar refractivity (Wildman–Crippen MR) is 133 cm³/mol. The quantitative estimate of drug-likeness (QED) is 0.359. The average molecular weight is 476 g/mol. The summed E-state index contributed by atoms with van der Waals surface area (Å²) in [5.74, 6) is 1.31. The number of benzene rings is 3. The second kappa shape index (κ2) is 10.8. The van der Waals surface area contributed by atoms with Crippen molar-refractivity contribution < 1.29 is 14.3 Å². The van der Waals surface area contributed by atoms with Crippen LogP contribution >= 0.6 is 11.8 Å². The zero-order valence-electron chi connectivity index (χ0n) is 18.9. The van der Waals surface area contributed by atoms with E-state index in [0.717, 1.165) is 27.8 Å². The number of carbonyl (C=O) groups is 2. The molecule has 1 aromatic heterocycles. The zero-order chi connectivity index (χ0) is 23.9. The molecule has 0 radical (unpaired) electrons. The Bertz CT molecular complexity index is 1300. The second-order valence-electron chi connectivity index (χ2n) is 7.62. The summed E-state index contributed by atoms with van der Waals surface area (Å²) in [6, 6.07) is 21.1. The molecular formula is C25H25N5O3S. The molecule has 3 aromatic carbocycles. The third kappa shape index (κ3) is 5.74. The lowest BCUT2D eigenvalue weighted by Gasteiger charge is -2.09. The van der Waals surface area contributed by atoms with Gasteiger partial charge in [0.25, 0.3) is 0 Å². The first-order valence-corrected chi connectivity index (χ1v) is 11.7. The first-order valence-electron chi connectivity index (χ1n) is 10.7. The number of hydrogen-bond acceptors (Lipinski definition) is 6. The number of methoxy groups -OCH3 is 1. The Morgan fingerprint density at radius 1 is 0.971 bits per heavy atom. The maximum absolute atomic E-state index is 12.5. The van der Waals surface area contributed by atoms with Crippen LogP contribution < -0.4 is 15.4 Å². The normalized spacial score (nSPS) is 10.8. The van der Waals surface area contributed by atoms with Crippen LogP contribution in [0, 0.1) is 0 Å². The van der Waals surface area contributed by atoms with Crippen LogP contribution in [0.5, 0.6) is 5.75 Å². The van der Waals surface area contributed by atoms with Gasteiger partial charge in [0.05, 0.1) is 25.8 Å². The number of carbonyl (C=O) groups excluding carboxylic acids is 2. The van der Waals surface area contributed by atoms with Gasteiger partial charge >= 0.3 is 0 Å². The summed E-state index contributed by atoms with van der Waals surface area (Å²) in [7, 11) is 3.42. The fourth-order valence-electron chi connectivity index (χ4n) is 3.44. The number of nitrogens with one attached hydrogen (secondary N) is 2. The lowest BCUT2D eigenvalue weighted by Crippen LogP contribution is -2.26. The molecule has 0 unspecified atom stereocenters. The van der Waals surface area contributed by atoms with E-state index >= 15 is 0 Å². The molecule has 174 valence electrons. The van der Waals surface area contributed by atoms with E-state index in [1.165, 1.54) is 11.8 Å². The largest absolute Gasteiger partial charge is 0.497 e. The van der Waals surface area contributed by atoms with Crippen molar-refractivity contribution in [1.82, 2.24) is 20.1 Å². The van der Waals surface area contributed by atoms with Crippen molar-refractivity contribution in [2.75, 3.05) is 18.2 Å². The van der Waals surface area contributed by atoms with Crippen molar-refractivity contribution in [1.29, 1.82) is 0 Å². The molecule has 0 spiro atoms. The Morgan fingerprint density at radius 2 is 1.74 bits per heavy atom. The SMILES string of the molecule is COc1ccc(CC(=O)NCc2nnc(SCC(=O)Nc3cccc4ccccc34)n2C)cc1. The van der Waals surface area contributed by atoms with Gasteiger partial charge in [-0.05, 0) is 29.1 Å². The molecule has 0 aliphatic heterocycles. The number of ether oxygens (including phenoxy) is 1. The van der Waals surface area contributed by atoms with Crippen molar-refractivity contribution in [3.05, 3.63) is 78.1 Å². The topological polar surface area (TPSA) is 98.1 Å². The predicted octanol–water partition coefficient (Wildman–Crippen LogP) is 3.57. The fourth-order valence-corrected chi connectivity index (χ4v) is 4.17. The van der Waals surface area contributed by atoms with Gasteiger partial charge in [-0.2, -0.15) is 0 Å². The molecule has 0 bridgehead atoms. The van der Waals surface area contributed by atoms with E-state index < -0.39 is 0 Å². The number of nitrogens with zero attached hydrogens (tertiary/aromatic N) is 3. The van der Waals surface area contributed by atoms with E-state index in [9.17, 15) is 9.59 Å². The number of anilines is 1. The number of thioether (sulfide) groups is 1. The minimum atomic E-state index is -0.126. The maximum atomic E-state index is 12.5. The molecule has 9 heteroatoms. The van der Waals surface area contributed by atoms with Gasteiger partial charge in [0.1, 0.15) is 5.75 Å². The molecule has 2 N–H and O–H groups in total. The summed E-state index contributed by atoms with van der Waals surface area (Å²) in [5.41, 5.74) is 1.67. The van der Waals surface area contributed by atoms with E-state index in [0.29, 0.717) is 11.0 Å². The lowest BCUT2D eigenvalue weighted by molar-refractivity contribution is -0.120. The third-order valence-corrected chi connectivity index (χ3v) is 6.31. The summed E-state index contributed by atoms with van der Waals surface area (Å²) in [5, 5.41) is 16.8. The molecule has 1 heterocycles. The van der Waals surface area contributed by atoms with Crippen molar-refractivity contribution in [3.8, 4) is 5.75 Å². The molecule has 0 saturated heterocycles. The summed E-state index contributed by atoms with van der Waals surface area (Å²) in [4.78, 5) is 24.8. The van der Waals surface area contributed by atoms with Crippen molar-refractivity contribution in [2.45, 2.75) is 18.1 Å². The van der Waals surface area contributed by atoms with E-state index in [4.69, 9.17) is 4.74 Å². The highest BCUT2D eigenvalue weighted by Gasteiger charge is 2.13. The first-order chi connectivity index (χ1) is 16.5. The molecule has 34 heavy (non-hydrogen) atoms. The molecule has 0 fully saturated rings. The smallest absolute Gasteiger partial charge is 0.234 e. The molecule has 4 rings (SSSR count). The third-order valence-electron chi connectivity index (χ3n) is 5.29. The summed E-state index contributed by atoms with van der Waals surface area (Å²) < 4.78 is 6.91. The van der Waals surface area contributed by atoms with Crippen molar-refractivity contribution in [3.63, 3.8) is 0 Å². The van der Waals surface area contributed by atoms with Crippen LogP contribution in [-0.4, -0.2) is 39.4 Å². The minimum Gasteiger partial charge on any atom is -0.497 e. The lowest BCUT2D eigenvalue weighted by atomic mass is 10.1. The Morgan fingerprint density at radius 3 is 2.53 bits per heavy atom. The van der Waals surface area contributed by atoms with Crippen LogP contribution in [0.1, 0.15) is 11.4 Å². The van der Waals surface area contributed by atoms with Crippen LogP contribution in [0.3, 0.4) is 0 Å². The molecule has 0 aliphatic rings. The standard InChI is InChI=1S/C25H25N5O3S/c1-30-22(15-26-23(31)14-17-10-12-19(33-2)13-11-17)28-29-25(30)34-16-24(32)27-21-9-5-7-18-6-3-4-8-20(18)21/h3-13H,14-16H2,1-2H3,(H,26,31)(H,27,32). The fraction of sp³-hybridized carbons (Fsp3) is 0.200. The van der Waals surface area contributed by atoms with Crippen LogP contribution in [-0.2, 0) is 29.6 Å². The first kappa shape index (κ1) is 23.3. The van der Waals surface area contributed by atoms with E-state index in [-0.39, 0.29) is 30.5 Å². The highest BCUT2D eigenvalue weighted by Crippen LogP contribution is 2.23. The molecule has 0 atom stereocenters. The van der Waals surface area contributed by atoms with Crippen LogP contribution in [0.25, 0.3) is 10.8 Å². The Kier molecular flexibility index (Phi) is 7.44. The van der Waals surface area contributed by atoms with Gasteiger partial charge < -0.3 is 19.9 Å². The number of rotatable bonds is 9. The van der Waals surface area contributed by atoms with Crippen LogP contribution in [0.4, 0.5) is 5.69 Å². The number of amides is 2. The van der Waals surface area contributed by atoms with Gasteiger partial charge in [-0.3, -0.25) is 9.59 Å². The van der Waals surface area contributed by atoms with Gasteiger partial charge in [0.2, 0.25) is 11.8 Å². The van der Waals surface area contributed by atoms with Gasteiger partial charge in [0, 0.05) is 18.1 Å². The molecular weight excluding hydrogens is 450 g/mol. The Balaban J connectivity index is 1.28. The zero-order valence-corrected chi connectivity index (χ0v) is 19.8. The highest BCUT2D eigenvalue weighted by molar-refractivity contribution is 7.99. The summed E-state index contributed by atoms with van der Waals surface area (Å²) >= 11 is 1.29. The molecule has 4 aromatic rings. The van der Waals surface area contributed by atoms with E-state index in [1.807, 2.05) is 73.8 Å². The second-order valence-corrected chi connectivity index (χ2v) is 8.57. The maximum Gasteiger partial charge on any atom is 0.234 e. The van der Waals surface area contributed by atoms with Crippen LogP contribution in [0.15, 0.2) is 71.9 Å². The highest BCUT2D eigenvalue weighted by atomic mass is 32.2. The van der Waals surface area contributed by atoms with Crippen LogP contribution in [0.2, 0.25) is 0 Å². The number of hydrogen-bond donors (Lipinski definition) is 2. The van der Waals surface area contributed by atoms with Crippen molar-refractivity contribution >= 4 is 40.0 Å². The number of fused-ring (bicyclic) bond motifs is 1. The van der Waals surface area contributed by atoms with E-state index in [2.05, 4.69) is 20.8 Å². The average Bonchev–Trinajstić information content (AvgIpc) is 3.21. The van der Waals surface area contributed by atoms with Crippen molar-refractivity contribution in [2.24, 2.45) is 7.05 Å². The Hall–Kier alpha value is -3.85. The number of aromatic nitrogens is 3. The molecule has 8 nitrogen and oxygen atoms in total. The van der Waals surface area contributed by atoms with Gasteiger partial charge in [-0.15, -0.1) is 10.2 Å². The van der Waals surface area contributed by atoms with Gasteiger partial charge in [-0.1, -0.05) is 60.3 Å². The Labute approximate surface area is 201 Å². The molecule has 0 saturated carbocycles. The van der Waals surface area contributed by atoms with Gasteiger partial charge in [-0.25, -0.2) is 0 Å². The summed E-state index contributed by atoms with van der Waals surface area (Å²) in [6.07, 6.45) is 0.262. The monoisotopic (exact) mass is 475 g/mol. The molecule has 0 aliphatic carbocycles. The minimum absolute atomic E-state index is 0.114. The molecule has 2 amide bonds. The summed E-state index contributed by atoms with van der Waals surface area (Å²) in [6.45, 7) is 0.251. The van der Waals surface area contributed by atoms with E-state index in [1.54, 1.807) is 11.7 Å².